The summed E-state index contributed by atoms with van der Waals surface area (Å²) in [5.74, 6) is 0. The molecular weight excluding hydrogens is 338 g/mol. The van der Waals surface area contributed by atoms with Crippen LogP contribution in [-0.4, -0.2) is 46.8 Å². The number of hydrogen-bond donors (Lipinski definition) is 0. The van der Waals surface area contributed by atoms with E-state index >= 15 is 0 Å². The van der Waals surface area contributed by atoms with Crippen molar-refractivity contribution in [1.82, 2.24) is 19.6 Å². The summed E-state index contributed by atoms with van der Waals surface area (Å²) in [7, 11) is 4.06. The van der Waals surface area contributed by atoms with E-state index in [-0.39, 0.29) is 5.56 Å². The summed E-state index contributed by atoms with van der Waals surface area (Å²) >= 11 is 0. The molecule has 6 heteroatoms. The Hall–Kier alpha value is -3.01. The second-order valence-electron chi connectivity index (χ2n) is 6.84. The molecule has 0 amide bonds. The molecule has 0 fully saturated rings. The Balaban J connectivity index is 1.83. The first-order valence-corrected chi connectivity index (χ1v) is 8.88. The summed E-state index contributed by atoms with van der Waals surface area (Å²) in [6.07, 6.45) is 1.74. The van der Waals surface area contributed by atoms with Gasteiger partial charge in [0.05, 0.1) is 29.9 Å². The van der Waals surface area contributed by atoms with E-state index in [0.29, 0.717) is 24.2 Å². The van der Waals surface area contributed by atoms with Gasteiger partial charge in [-0.15, -0.1) is 0 Å². The highest BCUT2D eigenvalue weighted by molar-refractivity contribution is 5.80. The average molecular weight is 361 g/mol. The Bertz CT molecular complexity index is 1000. The molecule has 2 aromatic carbocycles. The summed E-state index contributed by atoms with van der Waals surface area (Å²) in [5.41, 5.74) is 1.66. The van der Waals surface area contributed by atoms with Crippen molar-refractivity contribution in [2.45, 2.75) is 13.2 Å². The second-order valence-corrected chi connectivity index (χ2v) is 6.84. The van der Waals surface area contributed by atoms with Crippen molar-refractivity contribution < 1.29 is 0 Å². The first kappa shape index (κ1) is 18.8. The highest BCUT2D eigenvalue weighted by Gasteiger charge is 2.11. The minimum absolute atomic E-state index is 0.0808. The van der Waals surface area contributed by atoms with Crippen molar-refractivity contribution in [2.24, 2.45) is 0 Å². The van der Waals surface area contributed by atoms with E-state index in [4.69, 9.17) is 5.26 Å². The van der Waals surface area contributed by atoms with E-state index in [1.165, 1.54) is 4.68 Å². The molecular formula is C21H23N5O. The van der Waals surface area contributed by atoms with Crippen LogP contribution in [0.5, 0.6) is 0 Å². The summed E-state index contributed by atoms with van der Waals surface area (Å²) in [4.78, 5) is 17.1. The fraction of sp³-hybridized carbons (Fsp3) is 0.286. The minimum Gasteiger partial charge on any atom is -0.308 e. The SMILES string of the molecule is CN(C)CCN(Cc1ccc(C#N)cc1)Cn1ncc2ccccc2c1=O. The van der Waals surface area contributed by atoms with Crippen LogP contribution in [0.1, 0.15) is 11.1 Å². The molecule has 0 bridgehead atoms. The average Bonchev–Trinajstić information content (AvgIpc) is 2.69. The van der Waals surface area contributed by atoms with Gasteiger partial charge in [0.1, 0.15) is 0 Å². The number of nitriles is 1. The molecule has 0 aliphatic heterocycles. The zero-order chi connectivity index (χ0) is 19.2. The molecule has 0 saturated carbocycles. The predicted octanol–water partition coefficient (Wildman–Crippen LogP) is 2.29. The van der Waals surface area contributed by atoms with Gasteiger partial charge in [-0.1, -0.05) is 30.3 Å². The molecule has 1 heterocycles. The molecule has 0 spiro atoms. The summed E-state index contributed by atoms with van der Waals surface area (Å²) in [6, 6.07) is 17.2. The molecule has 3 rings (SSSR count). The van der Waals surface area contributed by atoms with Gasteiger partial charge in [0.15, 0.2) is 0 Å². The van der Waals surface area contributed by atoms with Crippen molar-refractivity contribution >= 4 is 10.8 Å². The van der Waals surface area contributed by atoms with Gasteiger partial charge in [-0.25, -0.2) is 4.68 Å². The molecule has 0 atom stereocenters. The van der Waals surface area contributed by atoms with Gasteiger partial charge in [0, 0.05) is 25.0 Å². The zero-order valence-corrected chi connectivity index (χ0v) is 15.7. The maximum Gasteiger partial charge on any atom is 0.275 e. The van der Waals surface area contributed by atoms with Gasteiger partial charge < -0.3 is 4.90 Å². The van der Waals surface area contributed by atoms with Crippen LogP contribution in [0.4, 0.5) is 0 Å². The molecule has 27 heavy (non-hydrogen) atoms. The quantitative estimate of drug-likeness (QED) is 0.646. The molecule has 0 saturated heterocycles. The van der Waals surface area contributed by atoms with Gasteiger partial charge in [-0.2, -0.15) is 10.4 Å². The van der Waals surface area contributed by atoms with E-state index < -0.39 is 0 Å². The van der Waals surface area contributed by atoms with Gasteiger partial charge >= 0.3 is 0 Å². The fourth-order valence-electron chi connectivity index (χ4n) is 2.90. The monoisotopic (exact) mass is 361 g/mol. The number of nitrogens with zero attached hydrogens (tertiary/aromatic N) is 5. The molecule has 0 radical (unpaired) electrons. The van der Waals surface area contributed by atoms with Crippen molar-refractivity contribution in [3.8, 4) is 6.07 Å². The Kier molecular flexibility index (Phi) is 5.97. The molecule has 0 aliphatic rings. The number of fused-ring (bicyclic) bond motifs is 1. The van der Waals surface area contributed by atoms with E-state index in [2.05, 4.69) is 21.0 Å². The normalized spacial score (nSPS) is 11.2. The number of aromatic nitrogens is 2. The predicted molar refractivity (Wildman–Crippen MR) is 106 cm³/mol. The van der Waals surface area contributed by atoms with Gasteiger partial charge in [0.2, 0.25) is 0 Å². The van der Waals surface area contributed by atoms with Crippen LogP contribution in [0.2, 0.25) is 0 Å². The lowest BCUT2D eigenvalue weighted by atomic mass is 10.1. The Morgan fingerprint density at radius 3 is 2.52 bits per heavy atom. The van der Waals surface area contributed by atoms with Crippen molar-refractivity contribution in [3.05, 3.63) is 76.2 Å². The third-order valence-electron chi connectivity index (χ3n) is 4.45. The lowest BCUT2D eigenvalue weighted by molar-refractivity contribution is 0.176. The van der Waals surface area contributed by atoms with Crippen LogP contribution in [0.3, 0.4) is 0 Å². The van der Waals surface area contributed by atoms with Crippen LogP contribution in [0.25, 0.3) is 10.8 Å². The molecule has 0 N–H and O–H groups in total. The molecule has 0 aliphatic carbocycles. The van der Waals surface area contributed by atoms with E-state index in [1.807, 2.05) is 62.6 Å². The molecule has 138 valence electrons. The third-order valence-corrected chi connectivity index (χ3v) is 4.45. The Labute approximate surface area is 158 Å². The lowest BCUT2D eigenvalue weighted by Gasteiger charge is -2.24. The highest BCUT2D eigenvalue weighted by Crippen LogP contribution is 2.10. The topological polar surface area (TPSA) is 65.2 Å². The van der Waals surface area contributed by atoms with Crippen LogP contribution >= 0.6 is 0 Å². The maximum absolute atomic E-state index is 12.8. The van der Waals surface area contributed by atoms with Gasteiger partial charge in [-0.3, -0.25) is 9.69 Å². The number of hydrogen-bond acceptors (Lipinski definition) is 5. The molecule has 1 aromatic heterocycles. The molecule has 0 unspecified atom stereocenters. The number of rotatable bonds is 7. The summed E-state index contributed by atoms with van der Waals surface area (Å²) in [5, 5.41) is 14.8. The summed E-state index contributed by atoms with van der Waals surface area (Å²) in [6.45, 7) is 2.77. The molecule has 6 nitrogen and oxygen atoms in total. The van der Waals surface area contributed by atoms with Crippen LogP contribution < -0.4 is 5.56 Å². The van der Waals surface area contributed by atoms with Crippen LogP contribution in [0, 0.1) is 11.3 Å². The van der Waals surface area contributed by atoms with E-state index in [9.17, 15) is 4.79 Å². The van der Waals surface area contributed by atoms with E-state index in [0.717, 1.165) is 24.0 Å². The van der Waals surface area contributed by atoms with Gasteiger partial charge in [-0.05, 0) is 37.9 Å². The Morgan fingerprint density at radius 1 is 1.07 bits per heavy atom. The van der Waals surface area contributed by atoms with Crippen molar-refractivity contribution in [1.29, 1.82) is 5.26 Å². The zero-order valence-electron chi connectivity index (χ0n) is 15.7. The first-order chi connectivity index (χ1) is 13.1. The highest BCUT2D eigenvalue weighted by atomic mass is 16.1. The first-order valence-electron chi connectivity index (χ1n) is 8.88. The van der Waals surface area contributed by atoms with Gasteiger partial charge in [0.25, 0.3) is 5.56 Å². The van der Waals surface area contributed by atoms with Crippen LogP contribution in [-0.2, 0) is 13.2 Å². The van der Waals surface area contributed by atoms with Crippen molar-refractivity contribution in [2.75, 3.05) is 27.2 Å². The fourth-order valence-corrected chi connectivity index (χ4v) is 2.90. The third kappa shape index (κ3) is 4.79. The second kappa shape index (κ2) is 8.58. The number of likely N-dealkylation sites (N-methyl/N-ethyl adjacent to an activating group) is 1. The standard InChI is InChI=1S/C21H23N5O/c1-24(2)11-12-25(15-18-9-7-17(13-22)8-10-18)16-26-21(27)20-6-4-3-5-19(20)14-23-26/h3-10,14H,11-12,15-16H2,1-2H3. The lowest BCUT2D eigenvalue weighted by Crippen LogP contribution is -2.37. The summed E-state index contributed by atoms with van der Waals surface area (Å²) < 4.78 is 1.52. The Morgan fingerprint density at radius 2 is 1.81 bits per heavy atom. The molecule has 3 aromatic rings. The minimum atomic E-state index is -0.0808. The van der Waals surface area contributed by atoms with Crippen LogP contribution in [0.15, 0.2) is 59.5 Å². The maximum atomic E-state index is 12.8. The van der Waals surface area contributed by atoms with Crippen molar-refractivity contribution in [3.63, 3.8) is 0 Å². The largest absolute Gasteiger partial charge is 0.308 e. The smallest absolute Gasteiger partial charge is 0.275 e. The van der Waals surface area contributed by atoms with E-state index in [1.54, 1.807) is 6.20 Å². The number of benzene rings is 2.